The minimum Gasteiger partial charge on any atom is -0.476 e. The molecule has 0 saturated carbocycles. The molecule has 3 rings (SSSR count). The Labute approximate surface area is 215 Å². The van der Waals surface area contributed by atoms with Crippen molar-refractivity contribution < 1.29 is 39.2 Å². The van der Waals surface area contributed by atoms with Gasteiger partial charge in [-0.1, -0.05) is 34.1 Å². The fraction of sp³-hybridized carbons (Fsp3) is 0.692. The van der Waals surface area contributed by atoms with Gasteiger partial charge in [-0.25, -0.2) is 9.78 Å². The van der Waals surface area contributed by atoms with Crippen molar-refractivity contribution in [1.29, 1.82) is 0 Å². The van der Waals surface area contributed by atoms with Gasteiger partial charge >= 0.3 is 11.9 Å². The standard InChI is InChI=1S/C26H37NO8S/c1-13-7-6-8-17-19(34-17)10-18(14(2)9-16-12-36-24(27-16)25(32)33)35-21(29)11-20(28)26(4,5)23(31)15(3)22(13)30/h9,12-13,15,17-20,22,28,30H,6-8,10-11H2,1-5H3,(H,32,33)/t13-,15+,17+,18-,19-,20-,22-/m1/s1. The van der Waals surface area contributed by atoms with Gasteiger partial charge in [-0.3, -0.25) is 9.59 Å². The Kier molecular flexibility index (Phi) is 9.08. The van der Waals surface area contributed by atoms with Crippen molar-refractivity contribution in [3.8, 4) is 0 Å². The Morgan fingerprint density at radius 3 is 2.53 bits per heavy atom. The van der Waals surface area contributed by atoms with Crippen LogP contribution in [0.4, 0.5) is 0 Å². The van der Waals surface area contributed by atoms with E-state index in [1.807, 2.05) is 6.92 Å². The maximum atomic E-state index is 13.2. The van der Waals surface area contributed by atoms with Crippen LogP contribution in [-0.2, 0) is 19.1 Å². The Balaban J connectivity index is 1.82. The van der Waals surface area contributed by atoms with E-state index in [4.69, 9.17) is 14.6 Å². The van der Waals surface area contributed by atoms with Crippen LogP contribution in [0.15, 0.2) is 11.0 Å². The van der Waals surface area contributed by atoms with Crippen LogP contribution in [0.3, 0.4) is 0 Å². The van der Waals surface area contributed by atoms with Crippen LogP contribution in [0, 0.1) is 17.3 Å². The van der Waals surface area contributed by atoms with E-state index in [1.165, 1.54) is 0 Å². The molecule has 0 aromatic carbocycles. The number of carbonyl (C=O) groups is 3. The van der Waals surface area contributed by atoms with Crippen LogP contribution in [-0.4, -0.2) is 68.5 Å². The Morgan fingerprint density at radius 2 is 1.89 bits per heavy atom. The van der Waals surface area contributed by atoms with Gasteiger partial charge in [0.05, 0.1) is 41.9 Å². The van der Waals surface area contributed by atoms with Crippen molar-refractivity contribution in [3.05, 3.63) is 21.7 Å². The third kappa shape index (κ3) is 6.79. The van der Waals surface area contributed by atoms with E-state index < -0.39 is 41.6 Å². The lowest BCUT2D eigenvalue weighted by molar-refractivity contribution is -0.154. The normalized spacial score (nSPS) is 34.5. The molecular formula is C26H37NO8S. The number of hydrogen-bond donors (Lipinski definition) is 3. The van der Waals surface area contributed by atoms with Gasteiger partial charge in [0.2, 0.25) is 5.01 Å². The summed E-state index contributed by atoms with van der Waals surface area (Å²) in [7, 11) is 0. The number of carbonyl (C=O) groups excluding carboxylic acids is 2. The molecule has 3 N–H and O–H groups in total. The summed E-state index contributed by atoms with van der Waals surface area (Å²) in [5.74, 6) is -2.85. The number of ketones is 1. The number of rotatable bonds is 3. The fourth-order valence-electron chi connectivity index (χ4n) is 4.79. The number of aromatic carboxylic acids is 1. The van der Waals surface area contributed by atoms with Crippen LogP contribution in [0.2, 0.25) is 0 Å². The number of aromatic nitrogens is 1. The highest BCUT2D eigenvalue weighted by Gasteiger charge is 2.44. The second-order valence-corrected chi connectivity index (χ2v) is 11.5. The zero-order valence-electron chi connectivity index (χ0n) is 21.5. The lowest BCUT2D eigenvalue weighted by atomic mass is 9.73. The molecule has 200 valence electrons. The largest absolute Gasteiger partial charge is 0.476 e. The fourth-order valence-corrected chi connectivity index (χ4v) is 5.40. The topological polar surface area (TPSA) is 147 Å². The van der Waals surface area contributed by atoms with E-state index in [0.29, 0.717) is 17.7 Å². The monoisotopic (exact) mass is 523 g/mol. The number of thiazole rings is 1. The van der Waals surface area contributed by atoms with Crippen LogP contribution in [0.5, 0.6) is 0 Å². The zero-order valence-corrected chi connectivity index (χ0v) is 22.3. The first kappa shape index (κ1) is 28.4. The van der Waals surface area contributed by atoms with Crippen LogP contribution < -0.4 is 0 Å². The van der Waals surface area contributed by atoms with Crippen LogP contribution >= 0.6 is 11.3 Å². The van der Waals surface area contributed by atoms with E-state index in [9.17, 15) is 24.6 Å². The average Bonchev–Trinajstić information content (AvgIpc) is 3.36. The third-order valence-electron chi connectivity index (χ3n) is 7.48. The molecule has 10 heteroatoms. The molecule has 2 aliphatic heterocycles. The predicted octanol–water partition coefficient (Wildman–Crippen LogP) is 3.48. The Hall–Kier alpha value is -2.14. The number of hydrogen-bond acceptors (Lipinski definition) is 9. The lowest BCUT2D eigenvalue weighted by Crippen LogP contribution is -2.45. The molecule has 2 fully saturated rings. The highest BCUT2D eigenvalue weighted by molar-refractivity contribution is 7.11. The van der Waals surface area contributed by atoms with Crippen LogP contribution in [0.25, 0.3) is 6.08 Å². The number of Topliss-reactive ketones (excluding diaryl/α,β-unsaturated/α-hetero) is 1. The minimum atomic E-state index is -1.29. The molecule has 7 atom stereocenters. The molecular weight excluding hydrogens is 486 g/mol. The number of fused-ring (bicyclic) bond motifs is 1. The number of aliphatic hydroxyl groups is 2. The first-order chi connectivity index (χ1) is 16.8. The molecule has 0 radical (unpaired) electrons. The number of carboxylic acid groups (broad SMARTS) is 1. The molecule has 9 nitrogen and oxygen atoms in total. The molecule has 36 heavy (non-hydrogen) atoms. The number of ether oxygens (including phenoxy) is 2. The smallest absolute Gasteiger partial charge is 0.365 e. The third-order valence-corrected chi connectivity index (χ3v) is 8.33. The number of carboxylic acids is 1. The van der Waals surface area contributed by atoms with Gasteiger partial charge < -0.3 is 24.8 Å². The second-order valence-electron chi connectivity index (χ2n) is 10.7. The van der Waals surface area contributed by atoms with Gasteiger partial charge in [0.15, 0.2) is 0 Å². The molecule has 0 amide bonds. The number of nitrogens with zero attached hydrogens (tertiary/aromatic N) is 1. The highest BCUT2D eigenvalue weighted by atomic mass is 32.1. The van der Waals surface area contributed by atoms with E-state index >= 15 is 0 Å². The van der Waals surface area contributed by atoms with Crippen molar-refractivity contribution in [2.24, 2.45) is 17.3 Å². The molecule has 2 saturated heterocycles. The zero-order chi connectivity index (χ0) is 26.8. The molecule has 2 aliphatic rings. The van der Waals surface area contributed by atoms with Gasteiger partial charge in [-0.15, -0.1) is 11.3 Å². The van der Waals surface area contributed by atoms with E-state index in [-0.39, 0.29) is 35.3 Å². The maximum Gasteiger partial charge on any atom is 0.365 e. The van der Waals surface area contributed by atoms with Crippen molar-refractivity contribution in [2.75, 3.05) is 0 Å². The van der Waals surface area contributed by atoms with Gasteiger partial charge in [0, 0.05) is 17.7 Å². The average molecular weight is 524 g/mol. The van der Waals surface area contributed by atoms with E-state index in [1.54, 1.807) is 39.2 Å². The van der Waals surface area contributed by atoms with Crippen molar-refractivity contribution in [3.63, 3.8) is 0 Å². The summed E-state index contributed by atoms with van der Waals surface area (Å²) in [4.78, 5) is 41.2. The molecule has 0 aliphatic carbocycles. The number of cyclic esters (lactones) is 1. The van der Waals surface area contributed by atoms with Crippen molar-refractivity contribution in [2.45, 2.75) is 97.2 Å². The SMILES string of the molecule is CC(=Cc1csc(C(=O)O)n1)[C@H]1C[C@H]2O[C@H]2CCC[C@@H](C)[C@@H](O)[C@H](C)C(=O)C(C)(C)[C@H](O)CC(=O)O1. The summed E-state index contributed by atoms with van der Waals surface area (Å²) in [5.41, 5.74) is -0.120. The summed E-state index contributed by atoms with van der Waals surface area (Å²) in [6.07, 6.45) is 1.23. The van der Waals surface area contributed by atoms with Gasteiger partial charge in [0.1, 0.15) is 11.9 Å². The first-order valence-corrected chi connectivity index (χ1v) is 13.3. The Morgan fingerprint density at radius 1 is 1.19 bits per heavy atom. The number of epoxide rings is 1. The summed E-state index contributed by atoms with van der Waals surface area (Å²) < 4.78 is 11.6. The first-order valence-electron chi connectivity index (χ1n) is 12.4. The quantitative estimate of drug-likeness (QED) is 0.400. The highest BCUT2D eigenvalue weighted by Crippen LogP contribution is 2.36. The van der Waals surface area contributed by atoms with Crippen LogP contribution in [0.1, 0.15) is 82.2 Å². The summed E-state index contributed by atoms with van der Waals surface area (Å²) in [6, 6.07) is 0. The summed E-state index contributed by atoms with van der Waals surface area (Å²) in [6.45, 7) is 8.53. The van der Waals surface area contributed by atoms with E-state index in [2.05, 4.69) is 4.98 Å². The molecule has 1 aromatic rings. The van der Waals surface area contributed by atoms with Gasteiger partial charge in [-0.05, 0) is 37.3 Å². The van der Waals surface area contributed by atoms with E-state index in [0.717, 1.165) is 30.6 Å². The van der Waals surface area contributed by atoms with Gasteiger partial charge in [0.25, 0.3) is 0 Å². The minimum absolute atomic E-state index is 0.0257. The number of aliphatic hydroxyl groups excluding tert-OH is 2. The maximum absolute atomic E-state index is 13.2. The lowest BCUT2D eigenvalue weighted by Gasteiger charge is -2.34. The molecule has 3 heterocycles. The molecule has 0 bridgehead atoms. The predicted molar refractivity (Wildman–Crippen MR) is 133 cm³/mol. The Bertz CT molecular complexity index is 1000. The number of esters is 1. The van der Waals surface area contributed by atoms with Crippen molar-refractivity contribution >= 4 is 35.1 Å². The van der Waals surface area contributed by atoms with Crippen molar-refractivity contribution in [1.82, 2.24) is 4.98 Å². The van der Waals surface area contributed by atoms with Gasteiger partial charge in [-0.2, -0.15) is 0 Å². The summed E-state index contributed by atoms with van der Waals surface area (Å²) in [5, 5.41) is 32.3. The summed E-state index contributed by atoms with van der Waals surface area (Å²) >= 11 is 1.01. The molecule has 0 spiro atoms. The molecule has 0 unspecified atom stereocenters. The molecule has 1 aromatic heterocycles. The second kappa shape index (κ2) is 11.5.